The van der Waals surface area contributed by atoms with Crippen LogP contribution in [-0.2, 0) is 20.9 Å². The normalized spacial score (nSPS) is 10.2. The Morgan fingerprint density at radius 2 is 1.85 bits per heavy atom. The molecule has 1 rings (SSSR count). The summed E-state index contributed by atoms with van der Waals surface area (Å²) in [6.45, 7) is 3.72. The summed E-state index contributed by atoms with van der Waals surface area (Å²) in [4.78, 5) is 19.7. The Balaban J connectivity index is 2.66. The third-order valence-corrected chi connectivity index (χ3v) is 2.46. The summed E-state index contributed by atoms with van der Waals surface area (Å²) < 4.78 is 9.63. The highest BCUT2D eigenvalue weighted by Crippen LogP contribution is 2.12. The number of nitrogens with zero attached hydrogens (tertiary/aromatic N) is 2. The van der Waals surface area contributed by atoms with Crippen LogP contribution in [0.4, 0.5) is 11.6 Å². The maximum Gasteiger partial charge on any atom is 0.307 e. The van der Waals surface area contributed by atoms with Crippen LogP contribution in [-0.4, -0.2) is 43.2 Å². The molecule has 0 saturated carbocycles. The zero-order chi connectivity index (χ0) is 14.8. The smallest absolute Gasteiger partial charge is 0.307 e. The molecular weight excluding hydrogens is 260 g/mol. The molecule has 0 amide bonds. The van der Waals surface area contributed by atoms with Gasteiger partial charge in [0.1, 0.15) is 18.2 Å². The largest absolute Gasteiger partial charge is 0.469 e. The van der Waals surface area contributed by atoms with Crippen LogP contribution >= 0.6 is 0 Å². The molecule has 0 aliphatic carbocycles. The Hall–Kier alpha value is -1.89. The highest BCUT2D eigenvalue weighted by atomic mass is 16.5. The molecule has 0 bridgehead atoms. The maximum absolute atomic E-state index is 11.1. The van der Waals surface area contributed by atoms with Gasteiger partial charge in [-0.05, 0) is 6.42 Å². The average molecular weight is 282 g/mol. The fourth-order valence-electron chi connectivity index (χ4n) is 1.52. The Bertz CT molecular complexity index is 426. The van der Waals surface area contributed by atoms with Crippen molar-refractivity contribution >= 4 is 17.6 Å². The second-order valence-corrected chi connectivity index (χ2v) is 4.17. The lowest BCUT2D eigenvalue weighted by atomic mass is 10.4. The van der Waals surface area contributed by atoms with Crippen molar-refractivity contribution in [1.82, 2.24) is 9.97 Å². The highest BCUT2D eigenvalue weighted by molar-refractivity contribution is 5.69. The van der Waals surface area contributed by atoms with Crippen molar-refractivity contribution in [2.75, 3.05) is 37.9 Å². The molecule has 0 aromatic carbocycles. The number of esters is 1. The van der Waals surface area contributed by atoms with E-state index < -0.39 is 0 Å². The van der Waals surface area contributed by atoms with E-state index in [0.717, 1.165) is 18.8 Å². The van der Waals surface area contributed by atoms with Crippen molar-refractivity contribution in [3.63, 3.8) is 0 Å². The van der Waals surface area contributed by atoms with E-state index in [1.807, 2.05) is 6.07 Å². The number of carbonyl (C=O) groups is 1. The van der Waals surface area contributed by atoms with Gasteiger partial charge in [-0.3, -0.25) is 4.79 Å². The lowest BCUT2D eigenvalue weighted by Gasteiger charge is -2.10. The number of nitrogens with one attached hydrogen (secondary N) is 2. The molecule has 0 aliphatic heterocycles. The number of hydrogen-bond acceptors (Lipinski definition) is 7. The number of rotatable bonds is 9. The number of anilines is 2. The minimum absolute atomic E-state index is 0.256. The third kappa shape index (κ3) is 5.83. The summed E-state index contributed by atoms with van der Waals surface area (Å²) in [6, 6.07) is 1.81. The van der Waals surface area contributed by atoms with E-state index >= 15 is 0 Å². The van der Waals surface area contributed by atoms with Crippen molar-refractivity contribution in [2.24, 2.45) is 0 Å². The van der Waals surface area contributed by atoms with E-state index in [9.17, 15) is 4.79 Å². The van der Waals surface area contributed by atoms with E-state index in [1.54, 1.807) is 7.11 Å². The molecular formula is C13H22N4O3. The molecule has 0 atom stereocenters. The minimum atomic E-state index is -0.256. The lowest BCUT2D eigenvalue weighted by Crippen LogP contribution is -2.13. The molecule has 2 N–H and O–H groups in total. The molecule has 7 heteroatoms. The second-order valence-electron chi connectivity index (χ2n) is 4.17. The molecule has 1 aromatic heterocycles. The van der Waals surface area contributed by atoms with E-state index in [0.29, 0.717) is 24.8 Å². The average Bonchev–Trinajstić information content (AvgIpc) is 2.45. The topological polar surface area (TPSA) is 85.4 Å². The first-order valence-electron chi connectivity index (χ1n) is 6.61. The molecule has 0 fully saturated rings. The predicted molar refractivity (Wildman–Crippen MR) is 76.6 cm³/mol. The van der Waals surface area contributed by atoms with Crippen LogP contribution in [0.25, 0.3) is 0 Å². The van der Waals surface area contributed by atoms with Gasteiger partial charge in [-0.2, -0.15) is 0 Å². The molecule has 112 valence electrons. The Labute approximate surface area is 119 Å². The predicted octanol–water partition coefficient (Wildman–Crippen LogP) is 1.42. The molecule has 0 radical (unpaired) electrons. The summed E-state index contributed by atoms with van der Waals surface area (Å²) in [5.41, 5.74) is 0. The lowest BCUT2D eigenvalue weighted by molar-refractivity contribution is -0.140. The van der Waals surface area contributed by atoms with Gasteiger partial charge in [0.15, 0.2) is 5.82 Å². The quantitative estimate of drug-likeness (QED) is 0.662. The van der Waals surface area contributed by atoms with Crippen LogP contribution in [0.1, 0.15) is 25.6 Å². The van der Waals surface area contributed by atoms with Gasteiger partial charge in [-0.1, -0.05) is 6.92 Å². The molecule has 7 nitrogen and oxygen atoms in total. The van der Waals surface area contributed by atoms with Crippen LogP contribution in [0.3, 0.4) is 0 Å². The Morgan fingerprint density at radius 3 is 2.40 bits per heavy atom. The van der Waals surface area contributed by atoms with Crippen LogP contribution < -0.4 is 10.6 Å². The summed E-state index contributed by atoms with van der Waals surface area (Å²) in [5, 5.41) is 6.28. The highest BCUT2D eigenvalue weighted by Gasteiger charge is 2.05. The van der Waals surface area contributed by atoms with Crippen LogP contribution in [0.5, 0.6) is 0 Å². The van der Waals surface area contributed by atoms with Crippen molar-refractivity contribution in [3.05, 3.63) is 11.9 Å². The van der Waals surface area contributed by atoms with Gasteiger partial charge in [-0.25, -0.2) is 9.97 Å². The molecule has 1 heterocycles. The molecule has 1 aromatic rings. The summed E-state index contributed by atoms with van der Waals surface area (Å²) >= 11 is 0. The van der Waals surface area contributed by atoms with E-state index in [-0.39, 0.29) is 12.4 Å². The summed E-state index contributed by atoms with van der Waals surface area (Å²) in [5.74, 6) is 1.74. The maximum atomic E-state index is 11.1. The first-order chi connectivity index (χ1) is 9.69. The fourth-order valence-corrected chi connectivity index (χ4v) is 1.52. The van der Waals surface area contributed by atoms with E-state index in [2.05, 4.69) is 32.3 Å². The summed E-state index contributed by atoms with van der Waals surface area (Å²) in [6.07, 6.45) is 1.30. The monoisotopic (exact) mass is 282 g/mol. The third-order valence-electron chi connectivity index (χ3n) is 2.46. The SMILES string of the molecule is CCCNc1cc(NCCC(=O)OC)nc(COC)n1. The van der Waals surface area contributed by atoms with Gasteiger partial charge < -0.3 is 20.1 Å². The number of methoxy groups -OCH3 is 2. The van der Waals surface area contributed by atoms with Gasteiger partial charge >= 0.3 is 5.97 Å². The molecule has 0 unspecified atom stereocenters. The second kappa shape index (κ2) is 9.08. The molecule has 20 heavy (non-hydrogen) atoms. The van der Waals surface area contributed by atoms with Gasteiger partial charge in [0.2, 0.25) is 0 Å². The van der Waals surface area contributed by atoms with Gasteiger partial charge in [0, 0.05) is 26.3 Å². The fraction of sp³-hybridized carbons (Fsp3) is 0.615. The standard InChI is InChI=1S/C13H22N4O3/c1-4-6-14-10-8-11(15-7-5-13(18)20-3)17-12(16-10)9-19-2/h8H,4-7,9H2,1-3H3,(H2,14,15,16,17). The Morgan fingerprint density at radius 1 is 1.20 bits per heavy atom. The Kier molecular flexibility index (Phi) is 7.34. The van der Waals surface area contributed by atoms with Crippen molar-refractivity contribution in [3.8, 4) is 0 Å². The minimum Gasteiger partial charge on any atom is -0.469 e. The van der Waals surface area contributed by atoms with E-state index in [1.165, 1.54) is 7.11 Å². The van der Waals surface area contributed by atoms with Crippen molar-refractivity contribution < 1.29 is 14.3 Å². The number of ether oxygens (including phenoxy) is 2. The first-order valence-corrected chi connectivity index (χ1v) is 6.61. The van der Waals surface area contributed by atoms with Crippen LogP contribution in [0.15, 0.2) is 6.07 Å². The van der Waals surface area contributed by atoms with Gasteiger partial charge in [0.05, 0.1) is 13.5 Å². The van der Waals surface area contributed by atoms with Crippen LogP contribution in [0, 0.1) is 0 Å². The number of hydrogen-bond donors (Lipinski definition) is 2. The molecule has 0 spiro atoms. The first kappa shape index (κ1) is 16.2. The molecule has 0 aliphatic rings. The zero-order valence-electron chi connectivity index (χ0n) is 12.2. The van der Waals surface area contributed by atoms with Gasteiger partial charge in [-0.15, -0.1) is 0 Å². The zero-order valence-corrected chi connectivity index (χ0v) is 12.2. The van der Waals surface area contributed by atoms with Crippen molar-refractivity contribution in [2.45, 2.75) is 26.4 Å². The van der Waals surface area contributed by atoms with Crippen molar-refractivity contribution in [1.29, 1.82) is 0 Å². The number of carbonyl (C=O) groups excluding carboxylic acids is 1. The summed E-state index contributed by atoms with van der Waals surface area (Å²) in [7, 11) is 2.97. The molecule has 0 saturated heterocycles. The number of aromatic nitrogens is 2. The van der Waals surface area contributed by atoms with Crippen LogP contribution in [0.2, 0.25) is 0 Å². The van der Waals surface area contributed by atoms with E-state index in [4.69, 9.17) is 4.74 Å². The van der Waals surface area contributed by atoms with Gasteiger partial charge in [0.25, 0.3) is 0 Å².